The lowest BCUT2D eigenvalue weighted by molar-refractivity contribution is -0.122. The summed E-state index contributed by atoms with van der Waals surface area (Å²) in [6, 6.07) is 15.0. The van der Waals surface area contributed by atoms with Crippen LogP contribution in [0.5, 0.6) is 5.75 Å². The molecular formula is C19H21N3O2. The number of hydrogen-bond donors (Lipinski definition) is 3. The number of para-hydroxylation sites is 1. The molecule has 0 spiro atoms. The Hall–Kier alpha value is -2.79. The molecule has 2 aromatic carbocycles. The number of nitrogens with two attached hydrogens (primary N) is 1. The van der Waals surface area contributed by atoms with Crippen LogP contribution in [0.15, 0.2) is 54.7 Å². The number of hydrogen-bond acceptors (Lipinski definition) is 3. The number of carbonyl (C=O) groups excluding carboxylic acids is 1. The summed E-state index contributed by atoms with van der Waals surface area (Å²) >= 11 is 0. The summed E-state index contributed by atoms with van der Waals surface area (Å²) in [6.45, 7) is 0.449. The molecule has 0 bridgehead atoms. The molecule has 0 saturated carbocycles. The largest absolute Gasteiger partial charge is 0.497 e. The molecule has 1 aromatic heterocycles. The highest BCUT2D eigenvalue weighted by Crippen LogP contribution is 2.18. The van der Waals surface area contributed by atoms with Crippen molar-refractivity contribution in [3.63, 3.8) is 0 Å². The number of nitrogens with one attached hydrogen (secondary N) is 2. The van der Waals surface area contributed by atoms with Crippen LogP contribution in [0, 0.1) is 0 Å². The van der Waals surface area contributed by atoms with Gasteiger partial charge in [0.25, 0.3) is 0 Å². The fourth-order valence-corrected chi connectivity index (χ4v) is 2.69. The van der Waals surface area contributed by atoms with E-state index in [1.807, 2.05) is 54.7 Å². The molecule has 5 nitrogen and oxygen atoms in total. The van der Waals surface area contributed by atoms with E-state index in [1.165, 1.54) is 0 Å². The second-order valence-corrected chi connectivity index (χ2v) is 5.74. The van der Waals surface area contributed by atoms with Crippen molar-refractivity contribution >= 4 is 16.8 Å². The number of aromatic amines is 1. The van der Waals surface area contributed by atoms with Gasteiger partial charge < -0.3 is 20.8 Å². The molecule has 0 saturated heterocycles. The van der Waals surface area contributed by atoms with Gasteiger partial charge in [-0.3, -0.25) is 4.79 Å². The lowest BCUT2D eigenvalue weighted by atomic mass is 10.0. The summed E-state index contributed by atoms with van der Waals surface area (Å²) in [7, 11) is 1.63. The maximum atomic E-state index is 12.2. The monoisotopic (exact) mass is 323 g/mol. The first-order valence-electron chi connectivity index (χ1n) is 7.88. The molecule has 4 N–H and O–H groups in total. The van der Waals surface area contributed by atoms with Crippen LogP contribution in [0.2, 0.25) is 0 Å². The number of fused-ring (bicyclic) bond motifs is 1. The highest BCUT2D eigenvalue weighted by molar-refractivity contribution is 5.86. The van der Waals surface area contributed by atoms with Gasteiger partial charge in [-0.05, 0) is 35.7 Å². The summed E-state index contributed by atoms with van der Waals surface area (Å²) in [4.78, 5) is 15.4. The third-order valence-corrected chi connectivity index (χ3v) is 4.08. The molecule has 3 rings (SSSR count). The number of ether oxygens (including phenoxy) is 1. The Kier molecular flexibility index (Phi) is 4.82. The Balaban J connectivity index is 1.58. The van der Waals surface area contributed by atoms with E-state index < -0.39 is 6.04 Å². The second-order valence-electron chi connectivity index (χ2n) is 5.74. The Bertz CT molecular complexity index is 824. The summed E-state index contributed by atoms with van der Waals surface area (Å²) < 4.78 is 5.12. The van der Waals surface area contributed by atoms with Crippen LogP contribution in [0.1, 0.15) is 11.1 Å². The number of carbonyl (C=O) groups is 1. The standard InChI is InChI=1S/C19H21N3O2/c1-24-15-8-6-13(7-9-15)11-22-19(23)17(20)10-14-12-21-18-5-3-2-4-16(14)18/h2-9,12,17,21H,10-11,20H2,1H3,(H,22,23). The molecule has 124 valence electrons. The van der Waals surface area contributed by atoms with Gasteiger partial charge in [-0.15, -0.1) is 0 Å². The second kappa shape index (κ2) is 7.19. The zero-order valence-electron chi connectivity index (χ0n) is 13.6. The van der Waals surface area contributed by atoms with Crippen molar-refractivity contribution in [2.24, 2.45) is 5.73 Å². The van der Waals surface area contributed by atoms with E-state index in [9.17, 15) is 4.79 Å². The van der Waals surface area contributed by atoms with Gasteiger partial charge in [0.05, 0.1) is 13.2 Å². The van der Waals surface area contributed by atoms with Gasteiger partial charge >= 0.3 is 0 Å². The molecule has 5 heteroatoms. The predicted molar refractivity (Wildman–Crippen MR) is 94.8 cm³/mol. The van der Waals surface area contributed by atoms with Crippen molar-refractivity contribution in [1.29, 1.82) is 0 Å². The van der Waals surface area contributed by atoms with Crippen LogP contribution < -0.4 is 15.8 Å². The Labute approximate surface area is 140 Å². The van der Waals surface area contributed by atoms with E-state index in [0.29, 0.717) is 13.0 Å². The fourth-order valence-electron chi connectivity index (χ4n) is 2.69. The first-order chi connectivity index (χ1) is 11.7. The Morgan fingerprint density at radius 3 is 2.71 bits per heavy atom. The van der Waals surface area contributed by atoms with Gasteiger partial charge in [-0.1, -0.05) is 30.3 Å². The Morgan fingerprint density at radius 1 is 1.21 bits per heavy atom. The molecule has 1 unspecified atom stereocenters. The first-order valence-corrected chi connectivity index (χ1v) is 7.88. The molecular weight excluding hydrogens is 302 g/mol. The number of rotatable bonds is 6. The molecule has 0 radical (unpaired) electrons. The highest BCUT2D eigenvalue weighted by Gasteiger charge is 2.15. The summed E-state index contributed by atoms with van der Waals surface area (Å²) in [5.74, 6) is 0.636. The number of amides is 1. The highest BCUT2D eigenvalue weighted by atomic mass is 16.5. The minimum absolute atomic E-state index is 0.156. The van der Waals surface area contributed by atoms with Gasteiger partial charge in [0.15, 0.2) is 0 Å². The lowest BCUT2D eigenvalue weighted by Gasteiger charge is -2.12. The zero-order valence-corrected chi connectivity index (χ0v) is 13.6. The zero-order chi connectivity index (χ0) is 16.9. The predicted octanol–water partition coefficient (Wildman–Crippen LogP) is 2.36. The smallest absolute Gasteiger partial charge is 0.237 e. The van der Waals surface area contributed by atoms with E-state index >= 15 is 0 Å². The topological polar surface area (TPSA) is 80.1 Å². The first kappa shape index (κ1) is 16.1. The van der Waals surface area contributed by atoms with Crippen LogP contribution >= 0.6 is 0 Å². The fraction of sp³-hybridized carbons (Fsp3) is 0.211. The molecule has 0 aliphatic carbocycles. The lowest BCUT2D eigenvalue weighted by Crippen LogP contribution is -2.41. The molecule has 0 fully saturated rings. The van der Waals surface area contributed by atoms with Crippen LogP contribution in [0.4, 0.5) is 0 Å². The van der Waals surface area contributed by atoms with E-state index in [1.54, 1.807) is 7.11 Å². The number of aromatic nitrogens is 1. The van der Waals surface area contributed by atoms with Crippen molar-refractivity contribution in [2.75, 3.05) is 7.11 Å². The summed E-state index contributed by atoms with van der Waals surface area (Å²) in [6.07, 6.45) is 2.42. The summed E-state index contributed by atoms with van der Waals surface area (Å²) in [5, 5.41) is 3.99. The van der Waals surface area contributed by atoms with Gasteiger partial charge in [0.1, 0.15) is 5.75 Å². The van der Waals surface area contributed by atoms with Crippen molar-refractivity contribution < 1.29 is 9.53 Å². The minimum Gasteiger partial charge on any atom is -0.497 e. The average Bonchev–Trinajstić information content (AvgIpc) is 3.03. The van der Waals surface area contributed by atoms with Crippen LogP contribution in [0.3, 0.4) is 0 Å². The third-order valence-electron chi connectivity index (χ3n) is 4.08. The minimum atomic E-state index is -0.581. The molecule has 0 aliphatic rings. The molecule has 0 aliphatic heterocycles. The van der Waals surface area contributed by atoms with Gasteiger partial charge in [-0.25, -0.2) is 0 Å². The SMILES string of the molecule is COc1ccc(CNC(=O)C(N)Cc2c[nH]c3ccccc23)cc1. The van der Waals surface area contributed by atoms with E-state index in [0.717, 1.165) is 27.8 Å². The van der Waals surface area contributed by atoms with E-state index in [2.05, 4.69) is 10.3 Å². The Morgan fingerprint density at radius 2 is 1.96 bits per heavy atom. The van der Waals surface area contributed by atoms with Gasteiger partial charge in [-0.2, -0.15) is 0 Å². The van der Waals surface area contributed by atoms with E-state index in [4.69, 9.17) is 10.5 Å². The normalized spacial score (nSPS) is 12.1. The van der Waals surface area contributed by atoms with Crippen molar-refractivity contribution in [3.8, 4) is 5.75 Å². The van der Waals surface area contributed by atoms with Crippen molar-refractivity contribution in [2.45, 2.75) is 19.0 Å². The van der Waals surface area contributed by atoms with E-state index in [-0.39, 0.29) is 5.91 Å². The van der Waals surface area contributed by atoms with Crippen LogP contribution in [-0.4, -0.2) is 24.0 Å². The molecule has 1 amide bonds. The van der Waals surface area contributed by atoms with Gasteiger partial charge in [0, 0.05) is 23.6 Å². The quantitative estimate of drug-likeness (QED) is 0.651. The number of benzene rings is 2. The maximum Gasteiger partial charge on any atom is 0.237 e. The maximum absolute atomic E-state index is 12.2. The van der Waals surface area contributed by atoms with Gasteiger partial charge in [0.2, 0.25) is 5.91 Å². The summed E-state index contributed by atoms with van der Waals surface area (Å²) in [5.41, 5.74) is 9.17. The molecule has 1 heterocycles. The number of H-pyrrole nitrogens is 1. The van der Waals surface area contributed by atoms with Crippen molar-refractivity contribution in [1.82, 2.24) is 10.3 Å². The van der Waals surface area contributed by atoms with Crippen molar-refractivity contribution in [3.05, 3.63) is 65.9 Å². The van der Waals surface area contributed by atoms with Crippen LogP contribution in [-0.2, 0) is 17.8 Å². The molecule has 3 aromatic rings. The van der Waals surface area contributed by atoms with Crippen LogP contribution in [0.25, 0.3) is 10.9 Å². The average molecular weight is 323 g/mol. The molecule has 24 heavy (non-hydrogen) atoms. The number of methoxy groups -OCH3 is 1. The third kappa shape index (κ3) is 3.58. The molecule has 1 atom stereocenters.